The van der Waals surface area contributed by atoms with Crippen LogP contribution in [0, 0.1) is 0 Å². The first kappa shape index (κ1) is 18.1. The number of primary sulfonamides is 1. The van der Waals surface area contributed by atoms with Crippen molar-refractivity contribution >= 4 is 39.5 Å². The zero-order valence-corrected chi connectivity index (χ0v) is 14.4. The Morgan fingerprint density at radius 1 is 1.21 bits per heavy atom. The number of anilines is 1. The van der Waals surface area contributed by atoms with Crippen LogP contribution in [-0.2, 0) is 14.8 Å². The second-order valence-electron chi connectivity index (χ2n) is 4.82. The van der Waals surface area contributed by atoms with E-state index in [2.05, 4.69) is 5.32 Å². The summed E-state index contributed by atoms with van der Waals surface area (Å²) < 4.78 is 22.6. The summed E-state index contributed by atoms with van der Waals surface area (Å²) >= 11 is 1.62. The standard InChI is InChI=1S/C16H16N2O4S2/c1-23-12-5-2-11(3-6-12)4-9-16(20)18-14-10-13(24(17,21)22)7-8-15(14)19/h2-10,19H,1H3,(H,18,20)(H2,17,21,22). The van der Waals surface area contributed by atoms with Crippen LogP contribution in [0.3, 0.4) is 0 Å². The van der Waals surface area contributed by atoms with Gasteiger partial charge in [0.25, 0.3) is 0 Å². The van der Waals surface area contributed by atoms with Crippen molar-refractivity contribution in [2.75, 3.05) is 11.6 Å². The van der Waals surface area contributed by atoms with Gasteiger partial charge in [-0.25, -0.2) is 13.6 Å². The summed E-state index contributed by atoms with van der Waals surface area (Å²) in [6.07, 6.45) is 4.87. The molecule has 0 unspecified atom stereocenters. The Kier molecular flexibility index (Phi) is 5.66. The van der Waals surface area contributed by atoms with Crippen molar-refractivity contribution in [1.29, 1.82) is 0 Å². The van der Waals surface area contributed by atoms with Gasteiger partial charge in [-0.3, -0.25) is 4.79 Å². The zero-order valence-electron chi connectivity index (χ0n) is 12.8. The van der Waals surface area contributed by atoms with Crippen LogP contribution >= 0.6 is 11.8 Å². The van der Waals surface area contributed by atoms with E-state index in [9.17, 15) is 18.3 Å². The van der Waals surface area contributed by atoms with Crippen molar-refractivity contribution in [3.05, 3.63) is 54.1 Å². The third kappa shape index (κ3) is 4.85. The van der Waals surface area contributed by atoms with Gasteiger partial charge < -0.3 is 10.4 Å². The number of benzene rings is 2. The summed E-state index contributed by atoms with van der Waals surface area (Å²) in [5.41, 5.74) is 0.805. The summed E-state index contributed by atoms with van der Waals surface area (Å²) in [5.74, 6) is -0.765. The van der Waals surface area contributed by atoms with Crippen LogP contribution in [0.5, 0.6) is 5.75 Å². The zero-order chi connectivity index (χ0) is 17.7. The lowest BCUT2D eigenvalue weighted by Crippen LogP contribution is -2.13. The SMILES string of the molecule is CSc1ccc(C=CC(=O)Nc2cc(S(N)(=O)=O)ccc2O)cc1. The van der Waals surface area contributed by atoms with Crippen molar-refractivity contribution in [3.63, 3.8) is 0 Å². The number of sulfonamides is 1. The number of hydrogen-bond acceptors (Lipinski definition) is 5. The fourth-order valence-corrected chi connectivity index (χ4v) is 2.80. The van der Waals surface area contributed by atoms with E-state index in [1.807, 2.05) is 30.5 Å². The van der Waals surface area contributed by atoms with Gasteiger partial charge >= 0.3 is 0 Å². The molecule has 0 spiro atoms. The van der Waals surface area contributed by atoms with Crippen LogP contribution in [0.2, 0.25) is 0 Å². The lowest BCUT2D eigenvalue weighted by molar-refractivity contribution is -0.111. The van der Waals surface area contributed by atoms with Gasteiger partial charge in [-0.1, -0.05) is 12.1 Å². The number of phenolic OH excluding ortho intramolecular Hbond substituents is 1. The average Bonchev–Trinajstić information content (AvgIpc) is 2.54. The van der Waals surface area contributed by atoms with E-state index >= 15 is 0 Å². The molecule has 0 aliphatic rings. The largest absolute Gasteiger partial charge is 0.506 e. The second-order valence-corrected chi connectivity index (χ2v) is 7.26. The number of carbonyl (C=O) groups excluding carboxylic acids is 1. The molecule has 24 heavy (non-hydrogen) atoms. The number of aromatic hydroxyl groups is 1. The Labute approximate surface area is 144 Å². The molecule has 0 fully saturated rings. The van der Waals surface area contributed by atoms with Crippen molar-refractivity contribution in [1.82, 2.24) is 0 Å². The third-order valence-electron chi connectivity index (χ3n) is 3.10. The van der Waals surface area contributed by atoms with Gasteiger partial charge in [-0.15, -0.1) is 11.8 Å². The normalized spacial score (nSPS) is 11.6. The van der Waals surface area contributed by atoms with Crippen LogP contribution in [0.15, 0.2) is 58.3 Å². The highest BCUT2D eigenvalue weighted by Crippen LogP contribution is 2.26. The topological polar surface area (TPSA) is 109 Å². The first-order valence-corrected chi connectivity index (χ1v) is 9.55. The van der Waals surface area contributed by atoms with Gasteiger partial charge in [0.1, 0.15) is 5.75 Å². The van der Waals surface area contributed by atoms with Crippen LogP contribution in [-0.4, -0.2) is 25.7 Å². The number of rotatable bonds is 5. The highest BCUT2D eigenvalue weighted by Gasteiger charge is 2.12. The van der Waals surface area contributed by atoms with E-state index < -0.39 is 15.9 Å². The number of amides is 1. The number of nitrogens with two attached hydrogens (primary N) is 1. The Hall–Kier alpha value is -2.29. The molecule has 0 aliphatic heterocycles. The lowest BCUT2D eigenvalue weighted by Gasteiger charge is -2.07. The maximum absolute atomic E-state index is 11.9. The Morgan fingerprint density at radius 3 is 2.46 bits per heavy atom. The third-order valence-corrected chi connectivity index (χ3v) is 4.75. The first-order valence-electron chi connectivity index (χ1n) is 6.78. The number of nitrogens with one attached hydrogen (secondary N) is 1. The maximum atomic E-state index is 11.9. The van der Waals surface area contributed by atoms with Crippen molar-refractivity contribution < 1.29 is 18.3 Å². The van der Waals surface area contributed by atoms with Crippen LogP contribution in [0.1, 0.15) is 5.56 Å². The molecule has 0 radical (unpaired) electrons. The first-order chi connectivity index (χ1) is 11.3. The Morgan fingerprint density at radius 2 is 1.88 bits per heavy atom. The molecular formula is C16H16N2O4S2. The fraction of sp³-hybridized carbons (Fsp3) is 0.0625. The van der Waals surface area contributed by atoms with E-state index in [1.165, 1.54) is 6.08 Å². The van der Waals surface area contributed by atoms with Crippen molar-refractivity contribution in [2.24, 2.45) is 5.14 Å². The molecule has 0 bridgehead atoms. The van der Waals surface area contributed by atoms with Crippen LogP contribution in [0.4, 0.5) is 5.69 Å². The smallest absolute Gasteiger partial charge is 0.248 e. The molecule has 0 saturated heterocycles. The van der Waals surface area contributed by atoms with Gasteiger partial charge in [0.05, 0.1) is 10.6 Å². The van der Waals surface area contributed by atoms with Gasteiger partial charge in [0.15, 0.2) is 0 Å². The molecule has 4 N–H and O–H groups in total. The fourth-order valence-electron chi connectivity index (χ4n) is 1.85. The lowest BCUT2D eigenvalue weighted by atomic mass is 10.2. The van der Waals surface area contributed by atoms with Gasteiger partial charge in [0, 0.05) is 11.0 Å². The number of carbonyl (C=O) groups is 1. The Balaban J connectivity index is 2.13. The van der Waals surface area contributed by atoms with Gasteiger partial charge in [-0.2, -0.15) is 0 Å². The van der Waals surface area contributed by atoms with E-state index in [4.69, 9.17) is 5.14 Å². The van der Waals surface area contributed by atoms with E-state index in [1.54, 1.807) is 17.8 Å². The summed E-state index contributed by atoms with van der Waals surface area (Å²) in [6, 6.07) is 11.0. The van der Waals surface area contributed by atoms with Gasteiger partial charge in [0.2, 0.25) is 15.9 Å². The van der Waals surface area contributed by atoms with Crippen molar-refractivity contribution in [3.8, 4) is 5.75 Å². The average molecular weight is 364 g/mol. The van der Waals surface area contributed by atoms with Crippen LogP contribution < -0.4 is 10.5 Å². The number of phenols is 1. The minimum Gasteiger partial charge on any atom is -0.506 e. The van der Waals surface area contributed by atoms with Crippen LogP contribution in [0.25, 0.3) is 6.08 Å². The molecule has 2 aromatic rings. The predicted octanol–water partition coefficient (Wildman–Crippen LogP) is 2.41. The monoisotopic (exact) mass is 364 g/mol. The maximum Gasteiger partial charge on any atom is 0.248 e. The molecule has 0 saturated carbocycles. The molecule has 8 heteroatoms. The molecule has 1 amide bonds. The molecule has 126 valence electrons. The minimum atomic E-state index is -3.92. The molecule has 0 atom stereocenters. The molecular weight excluding hydrogens is 348 g/mol. The highest BCUT2D eigenvalue weighted by molar-refractivity contribution is 7.98. The summed E-state index contributed by atoms with van der Waals surface area (Å²) in [4.78, 5) is 12.8. The van der Waals surface area contributed by atoms with Crippen molar-refractivity contribution in [2.45, 2.75) is 9.79 Å². The molecule has 0 aromatic heterocycles. The molecule has 0 aliphatic carbocycles. The summed E-state index contributed by atoms with van der Waals surface area (Å²) in [5, 5.41) is 17.2. The molecule has 6 nitrogen and oxygen atoms in total. The highest BCUT2D eigenvalue weighted by atomic mass is 32.2. The Bertz CT molecular complexity index is 875. The summed E-state index contributed by atoms with van der Waals surface area (Å²) in [6.45, 7) is 0. The molecule has 2 aromatic carbocycles. The quantitative estimate of drug-likeness (QED) is 0.429. The molecule has 2 rings (SSSR count). The van der Waals surface area contributed by atoms with E-state index in [-0.39, 0.29) is 16.3 Å². The van der Waals surface area contributed by atoms with E-state index in [0.29, 0.717) is 0 Å². The van der Waals surface area contributed by atoms with E-state index in [0.717, 1.165) is 28.7 Å². The number of thioether (sulfide) groups is 1. The molecule has 0 heterocycles. The van der Waals surface area contributed by atoms with Gasteiger partial charge in [-0.05, 0) is 48.2 Å². The predicted molar refractivity (Wildman–Crippen MR) is 95.4 cm³/mol. The second kappa shape index (κ2) is 7.52. The minimum absolute atomic E-state index is 0.0334. The summed E-state index contributed by atoms with van der Waals surface area (Å²) in [7, 11) is -3.92. The number of hydrogen-bond donors (Lipinski definition) is 3.